The molecule has 0 unspecified atom stereocenters. The molecular formula is C9H14O2S. The van der Waals surface area contributed by atoms with Crippen molar-refractivity contribution in [1.82, 2.24) is 0 Å². The number of hydrogen-bond donors (Lipinski definition) is 0. The third-order valence-electron chi connectivity index (χ3n) is 1.29. The van der Waals surface area contributed by atoms with Gasteiger partial charge in [0.15, 0.2) is 10.9 Å². The highest BCUT2D eigenvalue weighted by molar-refractivity contribution is 8.13. The highest BCUT2D eigenvalue weighted by Gasteiger charge is 2.07. The third kappa shape index (κ3) is 5.13. The van der Waals surface area contributed by atoms with E-state index >= 15 is 0 Å². The van der Waals surface area contributed by atoms with Crippen LogP contribution in [0.4, 0.5) is 0 Å². The predicted molar refractivity (Wildman–Crippen MR) is 52.1 cm³/mol. The molecule has 0 N–H and O–H groups in total. The molecule has 0 radical (unpaired) electrons. The maximum Gasteiger partial charge on any atom is 0.191 e. The average molecular weight is 186 g/mol. The van der Waals surface area contributed by atoms with Crippen LogP contribution in [-0.4, -0.2) is 16.7 Å². The number of ketones is 1. The van der Waals surface area contributed by atoms with E-state index in [2.05, 4.69) is 6.58 Å². The molecule has 0 aromatic rings. The third-order valence-corrected chi connectivity index (χ3v) is 2.46. The summed E-state index contributed by atoms with van der Waals surface area (Å²) < 4.78 is 0. The second kappa shape index (κ2) is 6.00. The van der Waals surface area contributed by atoms with Crippen molar-refractivity contribution < 1.29 is 9.59 Å². The highest BCUT2D eigenvalue weighted by Crippen LogP contribution is 2.11. The second-order valence-electron chi connectivity index (χ2n) is 2.74. The van der Waals surface area contributed by atoms with Crippen molar-refractivity contribution in [3.63, 3.8) is 0 Å². The second-order valence-corrected chi connectivity index (χ2v) is 3.84. The zero-order chi connectivity index (χ0) is 9.56. The van der Waals surface area contributed by atoms with Gasteiger partial charge in [0.1, 0.15) is 0 Å². The Hall–Kier alpha value is -0.570. The standard InChI is InChI=1S/C9H14O2S/c1-4-8(10)5-6-12-9(11)7(2)3/h4,7H,1,5-6H2,2-3H3. The van der Waals surface area contributed by atoms with Gasteiger partial charge in [-0.3, -0.25) is 9.59 Å². The van der Waals surface area contributed by atoms with Crippen molar-refractivity contribution in [3.05, 3.63) is 12.7 Å². The van der Waals surface area contributed by atoms with Gasteiger partial charge in [0.05, 0.1) is 0 Å². The smallest absolute Gasteiger partial charge is 0.191 e. The lowest BCUT2D eigenvalue weighted by atomic mass is 10.3. The molecule has 0 aliphatic heterocycles. The minimum Gasteiger partial charge on any atom is -0.295 e. The maximum atomic E-state index is 11.0. The fourth-order valence-electron chi connectivity index (χ4n) is 0.521. The summed E-state index contributed by atoms with van der Waals surface area (Å²) in [7, 11) is 0. The predicted octanol–water partition coefficient (Wildman–Crippen LogP) is 2.05. The van der Waals surface area contributed by atoms with Crippen LogP contribution < -0.4 is 0 Å². The monoisotopic (exact) mass is 186 g/mol. The van der Waals surface area contributed by atoms with Gasteiger partial charge in [-0.15, -0.1) is 0 Å². The Balaban J connectivity index is 3.50. The molecule has 12 heavy (non-hydrogen) atoms. The van der Waals surface area contributed by atoms with Crippen molar-refractivity contribution in [2.45, 2.75) is 20.3 Å². The van der Waals surface area contributed by atoms with Gasteiger partial charge in [-0.05, 0) is 6.08 Å². The van der Waals surface area contributed by atoms with Gasteiger partial charge in [-0.2, -0.15) is 0 Å². The zero-order valence-corrected chi connectivity index (χ0v) is 8.32. The molecule has 0 aromatic heterocycles. The van der Waals surface area contributed by atoms with Crippen LogP contribution in [-0.2, 0) is 9.59 Å². The van der Waals surface area contributed by atoms with Crippen molar-refractivity contribution in [1.29, 1.82) is 0 Å². The summed E-state index contributed by atoms with van der Waals surface area (Å²) in [5.74, 6) is 0.620. The highest BCUT2D eigenvalue weighted by atomic mass is 32.2. The summed E-state index contributed by atoms with van der Waals surface area (Å²) in [6.45, 7) is 7.05. The molecule has 0 aliphatic carbocycles. The van der Waals surface area contributed by atoms with E-state index in [1.807, 2.05) is 13.8 Å². The number of rotatable bonds is 5. The van der Waals surface area contributed by atoms with E-state index < -0.39 is 0 Å². The van der Waals surface area contributed by atoms with Crippen molar-refractivity contribution in [2.75, 3.05) is 5.75 Å². The summed E-state index contributed by atoms with van der Waals surface area (Å²) in [5, 5.41) is 0.145. The van der Waals surface area contributed by atoms with Crippen LogP contribution in [0.3, 0.4) is 0 Å². The minimum absolute atomic E-state index is 0.000874. The Bertz CT molecular complexity index is 185. The molecule has 0 heterocycles. The maximum absolute atomic E-state index is 11.0. The van der Waals surface area contributed by atoms with E-state index in [-0.39, 0.29) is 16.8 Å². The van der Waals surface area contributed by atoms with Crippen molar-refractivity contribution in [3.8, 4) is 0 Å². The fourth-order valence-corrected chi connectivity index (χ4v) is 1.36. The Morgan fingerprint density at radius 2 is 2.08 bits per heavy atom. The van der Waals surface area contributed by atoms with E-state index in [0.29, 0.717) is 12.2 Å². The molecule has 0 rings (SSSR count). The molecule has 0 atom stereocenters. The van der Waals surface area contributed by atoms with Gasteiger partial charge < -0.3 is 0 Å². The van der Waals surface area contributed by atoms with Crippen LogP contribution in [0.25, 0.3) is 0 Å². The molecule has 0 aliphatic rings. The van der Waals surface area contributed by atoms with E-state index in [1.54, 1.807) is 0 Å². The molecule has 2 nitrogen and oxygen atoms in total. The summed E-state index contributed by atoms with van der Waals surface area (Å²) in [6.07, 6.45) is 1.70. The zero-order valence-electron chi connectivity index (χ0n) is 7.50. The molecule has 3 heteroatoms. The summed E-state index contributed by atoms with van der Waals surface area (Å²) in [6, 6.07) is 0. The lowest BCUT2D eigenvalue weighted by molar-refractivity contribution is -0.114. The first-order valence-corrected chi connectivity index (χ1v) is 4.88. The first-order valence-electron chi connectivity index (χ1n) is 3.89. The van der Waals surface area contributed by atoms with Crippen LogP contribution in [0.2, 0.25) is 0 Å². The van der Waals surface area contributed by atoms with Crippen molar-refractivity contribution in [2.24, 2.45) is 5.92 Å². The van der Waals surface area contributed by atoms with E-state index in [4.69, 9.17) is 0 Å². The molecule has 0 amide bonds. The van der Waals surface area contributed by atoms with Gasteiger partial charge in [0.2, 0.25) is 0 Å². The normalized spacial score (nSPS) is 9.92. The van der Waals surface area contributed by atoms with Crippen molar-refractivity contribution >= 4 is 22.7 Å². The number of hydrogen-bond acceptors (Lipinski definition) is 3. The van der Waals surface area contributed by atoms with Crippen LogP contribution in [0, 0.1) is 5.92 Å². The minimum atomic E-state index is -0.000874. The van der Waals surface area contributed by atoms with E-state index in [9.17, 15) is 9.59 Å². The van der Waals surface area contributed by atoms with E-state index in [0.717, 1.165) is 0 Å². The molecule has 0 bridgehead atoms. The number of carbonyl (C=O) groups excluding carboxylic acids is 2. The van der Waals surface area contributed by atoms with Crippen LogP contribution in [0.1, 0.15) is 20.3 Å². The summed E-state index contributed by atoms with van der Waals surface area (Å²) in [4.78, 5) is 21.8. The van der Waals surface area contributed by atoms with Gasteiger partial charge in [0, 0.05) is 18.1 Å². The molecule has 0 saturated heterocycles. The Labute approximate surface area is 77.4 Å². The fraction of sp³-hybridized carbons (Fsp3) is 0.556. The quantitative estimate of drug-likeness (QED) is 0.616. The Kier molecular flexibility index (Phi) is 5.72. The topological polar surface area (TPSA) is 34.1 Å². The molecule has 0 spiro atoms. The molecular weight excluding hydrogens is 172 g/mol. The average Bonchev–Trinajstić information content (AvgIpc) is 2.03. The summed E-state index contributed by atoms with van der Waals surface area (Å²) >= 11 is 1.22. The van der Waals surface area contributed by atoms with Gasteiger partial charge in [0.25, 0.3) is 0 Å². The number of thioether (sulfide) groups is 1. The van der Waals surface area contributed by atoms with Crippen LogP contribution in [0.15, 0.2) is 12.7 Å². The molecule has 0 aromatic carbocycles. The lowest BCUT2D eigenvalue weighted by Crippen LogP contribution is -2.04. The van der Waals surface area contributed by atoms with Gasteiger partial charge in [-0.1, -0.05) is 32.2 Å². The van der Waals surface area contributed by atoms with Gasteiger partial charge >= 0.3 is 0 Å². The van der Waals surface area contributed by atoms with Crippen LogP contribution >= 0.6 is 11.8 Å². The first-order chi connectivity index (χ1) is 5.57. The largest absolute Gasteiger partial charge is 0.295 e. The lowest BCUT2D eigenvalue weighted by Gasteiger charge is -2.01. The van der Waals surface area contributed by atoms with E-state index in [1.165, 1.54) is 17.8 Å². The summed E-state index contributed by atoms with van der Waals surface area (Å²) in [5.41, 5.74) is 0. The molecule has 0 saturated carbocycles. The first kappa shape index (κ1) is 11.4. The Morgan fingerprint density at radius 3 is 2.50 bits per heavy atom. The molecule has 68 valence electrons. The molecule has 0 fully saturated rings. The van der Waals surface area contributed by atoms with Gasteiger partial charge in [-0.25, -0.2) is 0 Å². The Morgan fingerprint density at radius 1 is 1.50 bits per heavy atom. The van der Waals surface area contributed by atoms with Crippen LogP contribution in [0.5, 0.6) is 0 Å². The SMILES string of the molecule is C=CC(=O)CCSC(=O)C(C)C. The number of carbonyl (C=O) groups is 2. The number of allylic oxidation sites excluding steroid dienone is 1.